The van der Waals surface area contributed by atoms with Gasteiger partial charge in [-0.2, -0.15) is 0 Å². The van der Waals surface area contributed by atoms with Gasteiger partial charge in [-0.15, -0.1) is 0 Å². The summed E-state index contributed by atoms with van der Waals surface area (Å²) in [5.41, 5.74) is 1.41. The van der Waals surface area contributed by atoms with Crippen LogP contribution in [-0.4, -0.2) is 29.2 Å². The third-order valence-electron chi connectivity index (χ3n) is 4.84. The topological polar surface area (TPSA) is 71.5 Å². The lowest BCUT2D eigenvalue weighted by Crippen LogP contribution is -2.41. The average molecular weight is 358 g/mol. The summed E-state index contributed by atoms with van der Waals surface area (Å²) in [5.74, 6) is 0.235. The van der Waals surface area contributed by atoms with Gasteiger partial charge in [0.05, 0.1) is 19.3 Å². The highest BCUT2D eigenvalue weighted by molar-refractivity contribution is 5.76. The number of ether oxygens (including phenoxy) is 1. The van der Waals surface area contributed by atoms with E-state index in [1.54, 1.807) is 37.6 Å². The van der Waals surface area contributed by atoms with Crippen LogP contribution in [0.3, 0.4) is 0 Å². The zero-order chi connectivity index (χ0) is 18.5. The highest BCUT2D eigenvalue weighted by Crippen LogP contribution is 2.38. The summed E-state index contributed by atoms with van der Waals surface area (Å²) in [7, 11) is 1.55. The molecule has 1 aromatic heterocycles. The Kier molecular flexibility index (Phi) is 5.83. The molecule has 1 aromatic carbocycles. The van der Waals surface area contributed by atoms with Crippen LogP contribution in [0.1, 0.15) is 36.4 Å². The molecular weight excluding hydrogens is 335 g/mol. The molecule has 1 atom stereocenters. The monoisotopic (exact) mass is 358 g/mol. The molecule has 26 heavy (non-hydrogen) atoms. The smallest absolute Gasteiger partial charge is 0.220 e. The fourth-order valence-corrected chi connectivity index (χ4v) is 3.27. The fourth-order valence-electron chi connectivity index (χ4n) is 3.27. The summed E-state index contributed by atoms with van der Waals surface area (Å²) in [6, 6.07) is 9.89. The molecule has 2 aromatic rings. The number of aryl methyl sites for hydroxylation is 1. The van der Waals surface area contributed by atoms with Crippen LogP contribution in [-0.2, 0) is 11.2 Å². The number of rotatable bonds is 7. The third kappa shape index (κ3) is 4.38. The van der Waals surface area contributed by atoms with Crippen LogP contribution in [0.2, 0.25) is 0 Å². The van der Waals surface area contributed by atoms with E-state index < -0.39 is 0 Å². The van der Waals surface area contributed by atoms with Crippen LogP contribution < -0.4 is 10.1 Å². The summed E-state index contributed by atoms with van der Waals surface area (Å²) in [5, 5.41) is 12.7. The van der Waals surface area contributed by atoms with Crippen molar-refractivity contribution in [2.24, 2.45) is 5.92 Å². The number of hydrogen-bond donors (Lipinski definition) is 2. The number of amides is 1. The van der Waals surface area contributed by atoms with E-state index in [0.717, 1.165) is 5.56 Å². The van der Waals surface area contributed by atoms with Gasteiger partial charge in [0, 0.05) is 18.7 Å². The van der Waals surface area contributed by atoms with Crippen molar-refractivity contribution in [1.82, 2.24) is 10.3 Å². The van der Waals surface area contributed by atoms with E-state index in [1.165, 1.54) is 6.07 Å². The summed E-state index contributed by atoms with van der Waals surface area (Å²) in [4.78, 5) is 16.6. The molecule has 138 valence electrons. The molecule has 1 heterocycles. The number of nitrogens with zero attached hydrogens (tertiary/aromatic N) is 1. The molecule has 0 radical (unpaired) electrons. The number of halogens is 1. The van der Waals surface area contributed by atoms with Crippen molar-refractivity contribution in [3.8, 4) is 5.88 Å². The third-order valence-corrected chi connectivity index (χ3v) is 4.84. The lowest BCUT2D eigenvalue weighted by atomic mass is 9.75. The number of aliphatic hydroxyl groups is 1. The van der Waals surface area contributed by atoms with Crippen LogP contribution in [0.25, 0.3) is 0 Å². The second-order valence-corrected chi connectivity index (χ2v) is 6.66. The Morgan fingerprint density at radius 2 is 2.12 bits per heavy atom. The standard InChI is InChI=1S/C20H23FN2O3/c1-26-19-9-7-14(12-22-19)20(15-10-16(24)11-15)23-18(25)8-6-13-4-2-3-5-17(13)21/h2-5,7,9,12,15-16,20,24H,6,8,10-11H2,1H3,(H,23,25). The van der Waals surface area contributed by atoms with Gasteiger partial charge in [-0.05, 0) is 42.4 Å². The molecule has 0 saturated heterocycles. The van der Waals surface area contributed by atoms with Crippen LogP contribution in [0.4, 0.5) is 4.39 Å². The fraction of sp³-hybridized carbons (Fsp3) is 0.400. The van der Waals surface area contributed by atoms with Crippen LogP contribution in [0.15, 0.2) is 42.6 Å². The lowest BCUT2D eigenvalue weighted by Gasteiger charge is -2.38. The van der Waals surface area contributed by atoms with Gasteiger partial charge in [-0.1, -0.05) is 24.3 Å². The van der Waals surface area contributed by atoms with Gasteiger partial charge in [0.2, 0.25) is 11.8 Å². The number of nitrogens with one attached hydrogen (secondary N) is 1. The quantitative estimate of drug-likeness (QED) is 0.798. The Hall–Kier alpha value is -2.47. The second-order valence-electron chi connectivity index (χ2n) is 6.66. The van der Waals surface area contributed by atoms with E-state index in [4.69, 9.17) is 4.74 Å². The summed E-state index contributed by atoms with van der Waals surface area (Å²) in [6.07, 6.45) is 3.21. The molecule has 1 amide bonds. The second kappa shape index (κ2) is 8.27. The molecule has 1 fully saturated rings. The first kappa shape index (κ1) is 18.3. The van der Waals surface area contributed by atoms with Gasteiger partial charge in [0.1, 0.15) is 5.82 Å². The van der Waals surface area contributed by atoms with Gasteiger partial charge >= 0.3 is 0 Å². The molecular formula is C20H23FN2O3. The summed E-state index contributed by atoms with van der Waals surface area (Å²) < 4.78 is 18.8. The van der Waals surface area contributed by atoms with Crippen LogP contribution >= 0.6 is 0 Å². The molecule has 2 N–H and O–H groups in total. The SMILES string of the molecule is COc1ccc(C(NC(=O)CCc2ccccc2F)C2CC(O)C2)cn1. The van der Waals surface area contributed by atoms with Crippen molar-refractivity contribution in [1.29, 1.82) is 0 Å². The van der Waals surface area contributed by atoms with E-state index in [0.29, 0.717) is 30.7 Å². The Morgan fingerprint density at radius 1 is 1.35 bits per heavy atom. The predicted octanol–water partition coefficient (Wildman–Crippen LogP) is 2.79. The van der Waals surface area contributed by atoms with Crippen molar-refractivity contribution in [2.75, 3.05) is 7.11 Å². The minimum Gasteiger partial charge on any atom is -0.481 e. The molecule has 6 heteroatoms. The van der Waals surface area contributed by atoms with Crippen molar-refractivity contribution in [3.05, 3.63) is 59.5 Å². The molecule has 3 rings (SSSR count). The predicted molar refractivity (Wildman–Crippen MR) is 95.1 cm³/mol. The number of methoxy groups -OCH3 is 1. The number of aromatic nitrogens is 1. The van der Waals surface area contributed by atoms with Crippen molar-refractivity contribution >= 4 is 5.91 Å². The van der Waals surface area contributed by atoms with Gasteiger partial charge in [0.15, 0.2) is 0 Å². The maximum atomic E-state index is 13.7. The molecule has 1 aliphatic rings. The largest absolute Gasteiger partial charge is 0.481 e. The molecule has 5 nitrogen and oxygen atoms in total. The number of carbonyl (C=O) groups is 1. The van der Waals surface area contributed by atoms with E-state index in [1.807, 2.05) is 6.07 Å². The first-order valence-corrected chi connectivity index (χ1v) is 8.77. The molecule has 1 saturated carbocycles. The summed E-state index contributed by atoms with van der Waals surface area (Å²) in [6.45, 7) is 0. The Balaban J connectivity index is 1.65. The molecule has 0 spiro atoms. The highest BCUT2D eigenvalue weighted by atomic mass is 19.1. The summed E-state index contributed by atoms with van der Waals surface area (Å²) >= 11 is 0. The van der Waals surface area contributed by atoms with Gasteiger partial charge < -0.3 is 15.2 Å². The van der Waals surface area contributed by atoms with Crippen LogP contribution in [0.5, 0.6) is 5.88 Å². The number of benzene rings is 1. The first-order chi connectivity index (χ1) is 12.6. The molecule has 0 bridgehead atoms. The highest BCUT2D eigenvalue weighted by Gasteiger charge is 2.35. The molecule has 0 aliphatic heterocycles. The zero-order valence-corrected chi connectivity index (χ0v) is 14.7. The molecule has 1 unspecified atom stereocenters. The maximum Gasteiger partial charge on any atom is 0.220 e. The Labute approximate surface area is 152 Å². The first-order valence-electron chi connectivity index (χ1n) is 8.77. The number of pyridine rings is 1. The van der Waals surface area contributed by atoms with Crippen molar-refractivity contribution in [2.45, 2.75) is 37.8 Å². The number of hydrogen-bond acceptors (Lipinski definition) is 4. The van der Waals surface area contributed by atoms with Crippen molar-refractivity contribution in [3.63, 3.8) is 0 Å². The zero-order valence-electron chi connectivity index (χ0n) is 14.7. The average Bonchev–Trinajstić information content (AvgIpc) is 2.63. The normalized spacial score (nSPS) is 20.1. The molecule has 1 aliphatic carbocycles. The van der Waals surface area contributed by atoms with E-state index >= 15 is 0 Å². The minimum atomic E-state index is -0.316. The van der Waals surface area contributed by atoms with Gasteiger partial charge in [-0.3, -0.25) is 4.79 Å². The maximum absolute atomic E-state index is 13.7. The van der Waals surface area contributed by atoms with E-state index in [2.05, 4.69) is 10.3 Å². The van der Waals surface area contributed by atoms with Gasteiger partial charge in [-0.25, -0.2) is 9.37 Å². The van der Waals surface area contributed by atoms with E-state index in [-0.39, 0.29) is 36.2 Å². The lowest BCUT2D eigenvalue weighted by molar-refractivity contribution is -0.123. The Bertz CT molecular complexity index is 745. The van der Waals surface area contributed by atoms with E-state index in [9.17, 15) is 14.3 Å². The number of carbonyl (C=O) groups excluding carboxylic acids is 1. The Morgan fingerprint density at radius 3 is 2.73 bits per heavy atom. The number of aliphatic hydroxyl groups excluding tert-OH is 1. The van der Waals surface area contributed by atoms with Crippen LogP contribution in [0, 0.1) is 11.7 Å². The minimum absolute atomic E-state index is 0.143. The van der Waals surface area contributed by atoms with Gasteiger partial charge in [0.25, 0.3) is 0 Å². The van der Waals surface area contributed by atoms with Crippen molar-refractivity contribution < 1.29 is 19.0 Å².